The molecule has 1 unspecified atom stereocenters. The van der Waals surface area contributed by atoms with E-state index in [0.717, 1.165) is 30.4 Å². The number of amides is 1. The molecule has 0 aromatic rings. The van der Waals surface area contributed by atoms with Crippen molar-refractivity contribution in [3.63, 3.8) is 0 Å². The molecule has 1 fully saturated rings. The summed E-state index contributed by atoms with van der Waals surface area (Å²) in [5, 5.41) is 4.50. The van der Waals surface area contributed by atoms with Gasteiger partial charge in [0.1, 0.15) is 0 Å². The predicted octanol–water partition coefficient (Wildman–Crippen LogP) is 2.50. The summed E-state index contributed by atoms with van der Waals surface area (Å²) < 4.78 is 0. The first kappa shape index (κ1) is 16.3. The van der Waals surface area contributed by atoms with E-state index in [2.05, 4.69) is 24.2 Å². The normalized spacial score (nSPS) is 25.2. The van der Waals surface area contributed by atoms with Crippen LogP contribution in [0.1, 0.15) is 47.0 Å². The van der Waals surface area contributed by atoms with Crippen molar-refractivity contribution in [2.45, 2.75) is 52.5 Å². The van der Waals surface area contributed by atoms with Crippen molar-refractivity contribution in [3.05, 3.63) is 0 Å². The molecule has 0 aromatic carbocycles. The van der Waals surface area contributed by atoms with Crippen molar-refractivity contribution in [3.8, 4) is 0 Å². The average Bonchev–Trinajstić information content (AvgIpc) is 2.40. The summed E-state index contributed by atoms with van der Waals surface area (Å²) in [6.45, 7) is 10.6. The van der Waals surface area contributed by atoms with Crippen LogP contribution >= 0.6 is 11.8 Å². The minimum atomic E-state index is 0.174. The summed E-state index contributed by atoms with van der Waals surface area (Å²) in [6, 6.07) is 0. The number of rotatable bonds is 6. The van der Waals surface area contributed by atoms with Gasteiger partial charge >= 0.3 is 0 Å². The number of thioether (sulfide) groups is 1. The molecular formula is C14H27N3OS. The van der Waals surface area contributed by atoms with E-state index in [-0.39, 0.29) is 11.4 Å². The van der Waals surface area contributed by atoms with E-state index < -0.39 is 0 Å². The molecule has 19 heavy (non-hydrogen) atoms. The molecule has 1 aliphatic rings. The fraction of sp³-hybridized carbons (Fsp3) is 0.857. The maximum absolute atomic E-state index is 11.9. The van der Waals surface area contributed by atoms with Gasteiger partial charge < -0.3 is 10.2 Å². The lowest BCUT2D eigenvalue weighted by atomic mass is 9.96. The Morgan fingerprint density at radius 3 is 2.68 bits per heavy atom. The van der Waals surface area contributed by atoms with Gasteiger partial charge in [0.05, 0.1) is 6.54 Å². The van der Waals surface area contributed by atoms with E-state index in [0.29, 0.717) is 13.0 Å². The van der Waals surface area contributed by atoms with Gasteiger partial charge in [-0.2, -0.15) is 0 Å². The SMILES string of the molecule is CCN(CC)C(=O)CCN=C1NC(C)(CC)CCS1. The molecular weight excluding hydrogens is 258 g/mol. The molecule has 1 N–H and O–H groups in total. The number of aliphatic imine (C=N–C) groups is 1. The standard InChI is InChI=1S/C14H27N3OS/c1-5-14(4)9-11-19-13(16-14)15-10-8-12(18)17(6-2)7-3/h5-11H2,1-4H3,(H,15,16). The largest absolute Gasteiger partial charge is 0.360 e. The molecule has 1 saturated heterocycles. The predicted molar refractivity (Wildman–Crippen MR) is 83.8 cm³/mol. The third kappa shape index (κ3) is 5.05. The van der Waals surface area contributed by atoms with Crippen LogP contribution < -0.4 is 5.32 Å². The Morgan fingerprint density at radius 1 is 1.42 bits per heavy atom. The van der Waals surface area contributed by atoms with Gasteiger partial charge in [-0.3, -0.25) is 9.79 Å². The number of carbonyl (C=O) groups is 1. The van der Waals surface area contributed by atoms with E-state index in [4.69, 9.17) is 0 Å². The Balaban J connectivity index is 2.42. The lowest BCUT2D eigenvalue weighted by Crippen LogP contribution is -2.48. The quantitative estimate of drug-likeness (QED) is 0.815. The van der Waals surface area contributed by atoms with E-state index in [1.165, 1.54) is 6.42 Å². The van der Waals surface area contributed by atoms with Gasteiger partial charge in [0.25, 0.3) is 0 Å². The molecule has 0 aliphatic carbocycles. The van der Waals surface area contributed by atoms with Gasteiger partial charge in [0.15, 0.2) is 5.17 Å². The number of amidine groups is 1. The minimum absolute atomic E-state index is 0.174. The van der Waals surface area contributed by atoms with Crippen molar-refractivity contribution in [2.24, 2.45) is 4.99 Å². The van der Waals surface area contributed by atoms with Crippen LogP contribution in [0.5, 0.6) is 0 Å². The second kappa shape index (κ2) is 7.78. The highest BCUT2D eigenvalue weighted by Crippen LogP contribution is 2.24. The molecule has 0 bridgehead atoms. The van der Waals surface area contributed by atoms with Gasteiger partial charge in [-0.15, -0.1) is 0 Å². The number of carbonyl (C=O) groups excluding carboxylic acids is 1. The Labute approximate surface area is 121 Å². The fourth-order valence-corrected chi connectivity index (χ4v) is 3.31. The van der Waals surface area contributed by atoms with Crippen LogP contribution in [0, 0.1) is 0 Å². The number of hydrogen-bond donors (Lipinski definition) is 1. The van der Waals surface area contributed by atoms with Gasteiger partial charge in [-0.05, 0) is 33.6 Å². The van der Waals surface area contributed by atoms with Crippen LogP contribution in [0.2, 0.25) is 0 Å². The zero-order valence-electron chi connectivity index (χ0n) is 12.7. The van der Waals surface area contributed by atoms with Crippen molar-refractivity contribution < 1.29 is 4.79 Å². The Morgan fingerprint density at radius 2 is 2.11 bits per heavy atom. The Bertz CT molecular complexity index is 329. The maximum Gasteiger partial charge on any atom is 0.224 e. The van der Waals surface area contributed by atoms with Crippen molar-refractivity contribution in [1.82, 2.24) is 10.2 Å². The van der Waals surface area contributed by atoms with Crippen LogP contribution in [0.3, 0.4) is 0 Å². The van der Waals surface area contributed by atoms with Crippen LogP contribution in [-0.4, -0.2) is 46.9 Å². The highest BCUT2D eigenvalue weighted by atomic mass is 32.2. The van der Waals surface area contributed by atoms with E-state index in [9.17, 15) is 4.79 Å². The lowest BCUT2D eigenvalue weighted by molar-refractivity contribution is -0.130. The number of hydrogen-bond acceptors (Lipinski definition) is 3. The monoisotopic (exact) mass is 285 g/mol. The summed E-state index contributed by atoms with van der Waals surface area (Å²) in [5.74, 6) is 1.31. The molecule has 1 heterocycles. The second-order valence-corrected chi connectivity index (χ2v) is 6.22. The summed E-state index contributed by atoms with van der Waals surface area (Å²) in [4.78, 5) is 18.3. The highest BCUT2D eigenvalue weighted by molar-refractivity contribution is 8.13. The summed E-state index contributed by atoms with van der Waals surface area (Å²) >= 11 is 1.77. The van der Waals surface area contributed by atoms with Crippen molar-refractivity contribution in [1.29, 1.82) is 0 Å². The molecule has 0 saturated carbocycles. The van der Waals surface area contributed by atoms with Gasteiger partial charge in [-0.1, -0.05) is 18.7 Å². The first-order chi connectivity index (χ1) is 9.04. The molecule has 1 amide bonds. The average molecular weight is 285 g/mol. The molecule has 110 valence electrons. The Kier molecular flexibility index (Phi) is 6.69. The minimum Gasteiger partial charge on any atom is -0.360 e. The lowest BCUT2D eigenvalue weighted by Gasteiger charge is -2.35. The molecule has 0 radical (unpaired) electrons. The molecule has 1 rings (SSSR count). The fourth-order valence-electron chi connectivity index (χ4n) is 2.07. The van der Waals surface area contributed by atoms with Gasteiger partial charge in [0, 0.05) is 30.8 Å². The van der Waals surface area contributed by atoms with Crippen LogP contribution in [-0.2, 0) is 4.79 Å². The Hall–Kier alpha value is -0.710. The first-order valence-corrected chi connectivity index (χ1v) is 8.26. The maximum atomic E-state index is 11.9. The topological polar surface area (TPSA) is 44.7 Å². The third-order valence-electron chi connectivity index (χ3n) is 3.78. The van der Waals surface area contributed by atoms with E-state index in [1.54, 1.807) is 11.8 Å². The number of nitrogens with zero attached hydrogens (tertiary/aromatic N) is 2. The molecule has 1 atom stereocenters. The third-order valence-corrected chi connectivity index (χ3v) is 4.69. The summed E-state index contributed by atoms with van der Waals surface area (Å²) in [5.41, 5.74) is 0.174. The second-order valence-electron chi connectivity index (χ2n) is 5.14. The van der Waals surface area contributed by atoms with Crippen LogP contribution in [0.4, 0.5) is 0 Å². The smallest absolute Gasteiger partial charge is 0.224 e. The molecule has 1 aliphatic heterocycles. The molecule has 0 spiro atoms. The summed E-state index contributed by atoms with van der Waals surface area (Å²) in [6.07, 6.45) is 2.78. The van der Waals surface area contributed by atoms with Crippen LogP contribution in [0.15, 0.2) is 4.99 Å². The van der Waals surface area contributed by atoms with Gasteiger partial charge in [0.2, 0.25) is 5.91 Å². The van der Waals surface area contributed by atoms with Crippen molar-refractivity contribution in [2.75, 3.05) is 25.4 Å². The van der Waals surface area contributed by atoms with E-state index >= 15 is 0 Å². The molecule has 0 aromatic heterocycles. The highest BCUT2D eigenvalue weighted by Gasteiger charge is 2.27. The molecule has 5 heteroatoms. The van der Waals surface area contributed by atoms with E-state index in [1.807, 2.05) is 18.7 Å². The first-order valence-electron chi connectivity index (χ1n) is 7.27. The van der Waals surface area contributed by atoms with Crippen molar-refractivity contribution >= 4 is 22.8 Å². The zero-order valence-corrected chi connectivity index (χ0v) is 13.5. The zero-order chi connectivity index (χ0) is 14.3. The van der Waals surface area contributed by atoms with Gasteiger partial charge in [-0.25, -0.2) is 0 Å². The summed E-state index contributed by atoms with van der Waals surface area (Å²) in [7, 11) is 0. The number of nitrogens with one attached hydrogen (secondary N) is 1. The van der Waals surface area contributed by atoms with Crippen LogP contribution in [0.25, 0.3) is 0 Å². The molecule has 4 nitrogen and oxygen atoms in total.